The van der Waals surface area contributed by atoms with Crippen LogP contribution in [0.5, 0.6) is 5.75 Å². The molecule has 5 nitrogen and oxygen atoms in total. The maximum Gasteiger partial charge on any atom is 0.412 e. The zero-order valence-electron chi connectivity index (χ0n) is 21.0. The van der Waals surface area contributed by atoms with Crippen molar-refractivity contribution >= 4 is 30.5 Å². The molecule has 180 valence electrons. The number of benzene rings is 3. The van der Waals surface area contributed by atoms with E-state index in [2.05, 4.69) is 74.6 Å². The van der Waals surface area contributed by atoms with Crippen LogP contribution in [-0.4, -0.2) is 20.0 Å². The van der Waals surface area contributed by atoms with E-state index in [1.165, 1.54) is 10.4 Å². The van der Waals surface area contributed by atoms with E-state index >= 15 is 0 Å². The summed E-state index contributed by atoms with van der Waals surface area (Å²) in [7, 11) is -2.84. The standard InChI is InChI=1S/C28H36N2O3Si/c1-27(2,3)32-26(31)30-22-18-17-21(20-29)25(19-22)33-34(28(4,5)6,23-13-9-7-10-14-23)24-15-11-8-12-16-24/h7-19H,20,29H2,1-6H3,(H,30,31). The quantitative estimate of drug-likeness (QED) is 0.465. The van der Waals surface area contributed by atoms with Crippen LogP contribution in [-0.2, 0) is 11.3 Å². The van der Waals surface area contributed by atoms with Crippen molar-refractivity contribution in [2.75, 3.05) is 5.32 Å². The van der Waals surface area contributed by atoms with E-state index in [1.807, 2.05) is 51.1 Å². The van der Waals surface area contributed by atoms with Crippen molar-refractivity contribution in [2.45, 2.75) is 58.7 Å². The number of amides is 1. The highest BCUT2D eigenvalue weighted by Crippen LogP contribution is 2.39. The Kier molecular flexibility index (Phi) is 7.53. The fraction of sp³-hybridized carbons (Fsp3) is 0.321. The number of anilines is 1. The summed E-state index contributed by atoms with van der Waals surface area (Å²) >= 11 is 0. The Labute approximate surface area is 204 Å². The molecule has 0 aliphatic carbocycles. The van der Waals surface area contributed by atoms with Gasteiger partial charge >= 0.3 is 14.4 Å². The lowest BCUT2D eigenvalue weighted by Gasteiger charge is -2.43. The van der Waals surface area contributed by atoms with Crippen molar-refractivity contribution in [2.24, 2.45) is 5.73 Å². The molecule has 0 saturated heterocycles. The van der Waals surface area contributed by atoms with Gasteiger partial charge < -0.3 is 14.9 Å². The minimum atomic E-state index is -2.84. The van der Waals surface area contributed by atoms with Crippen molar-refractivity contribution < 1.29 is 14.0 Å². The topological polar surface area (TPSA) is 73.6 Å². The number of carbonyl (C=O) groups is 1. The largest absolute Gasteiger partial charge is 0.534 e. The van der Waals surface area contributed by atoms with Crippen LogP contribution in [0.3, 0.4) is 0 Å². The summed E-state index contributed by atoms with van der Waals surface area (Å²) in [6.45, 7) is 12.5. The molecule has 0 bridgehead atoms. The molecule has 3 aromatic rings. The van der Waals surface area contributed by atoms with Crippen molar-refractivity contribution in [3.63, 3.8) is 0 Å². The molecule has 0 aliphatic heterocycles. The van der Waals surface area contributed by atoms with Crippen LogP contribution in [0.4, 0.5) is 10.5 Å². The van der Waals surface area contributed by atoms with Gasteiger partial charge in [0.25, 0.3) is 0 Å². The van der Waals surface area contributed by atoms with Crippen molar-refractivity contribution in [1.82, 2.24) is 0 Å². The van der Waals surface area contributed by atoms with Crippen LogP contribution in [0.1, 0.15) is 47.1 Å². The number of hydrogen-bond acceptors (Lipinski definition) is 4. The molecule has 6 heteroatoms. The molecule has 0 heterocycles. The summed E-state index contributed by atoms with van der Waals surface area (Å²) in [5.74, 6) is 0.672. The minimum absolute atomic E-state index is 0.198. The molecule has 0 unspecified atom stereocenters. The molecular weight excluding hydrogens is 440 g/mol. The monoisotopic (exact) mass is 476 g/mol. The summed E-state index contributed by atoms with van der Waals surface area (Å²) < 4.78 is 12.6. The highest BCUT2D eigenvalue weighted by Gasteiger charge is 2.52. The summed E-state index contributed by atoms with van der Waals surface area (Å²) in [5, 5.41) is 4.97. The van der Waals surface area contributed by atoms with Gasteiger partial charge in [-0.3, -0.25) is 5.32 Å². The van der Waals surface area contributed by atoms with Gasteiger partial charge in [-0.15, -0.1) is 0 Å². The van der Waals surface area contributed by atoms with Crippen molar-refractivity contribution in [3.05, 3.63) is 84.4 Å². The number of hydrogen-bond donors (Lipinski definition) is 2. The Morgan fingerprint density at radius 3 is 1.82 bits per heavy atom. The fourth-order valence-electron chi connectivity index (χ4n) is 4.13. The SMILES string of the molecule is CC(C)(C)OC(=O)Nc1ccc(CN)c(O[Si](c2ccccc2)(c2ccccc2)C(C)(C)C)c1. The van der Waals surface area contributed by atoms with Crippen LogP contribution < -0.4 is 25.8 Å². The predicted octanol–water partition coefficient (Wildman–Crippen LogP) is 5.43. The first-order chi connectivity index (χ1) is 16.0. The minimum Gasteiger partial charge on any atom is -0.534 e. The molecule has 3 N–H and O–H groups in total. The van der Waals surface area contributed by atoms with E-state index in [9.17, 15) is 4.79 Å². The van der Waals surface area contributed by atoms with Gasteiger partial charge in [0.1, 0.15) is 11.4 Å². The molecule has 0 aromatic heterocycles. The number of nitrogens with one attached hydrogen (secondary N) is 1. The van der Waals surface area contributed by atoms with Crippen LogP contribution in [0.2, 0.25) is 5.04 Å². The van der Waals surface area contributed by atoms with Gasteiger partial charge in [-0.1, -0.05) is 87.5 Å². The second-order valence-corrected chi connectivity index (χ2v) is 14.6. The number of nitrogens with two attached hydrogens (primary N) is 1. The molecule has 3 aromatic carbocycles. The van der Waals surface area contributed by atoms with E-state index in [0.717, 1.165) is 5.56 Å². The van der Waals surface area contributed by atoms with Gasteiger partial charge in [0.15, 0.2) is 0 Å². The maximum absolute atomic E-state index is 12.4. The van der Waals surface area contributed by atoms with Gasteiger partial charge in [0.2, 0.25) is 0 Å². The first-order valence-corrected chi connectivity index (χ1v) is 13.5. The van der Waals surface area contributed by atoms with E-state index in [-0.39, 0.29) is 5.04 Å². The first kappa shape index (κ1) is 25.5. The van der Waals surface area contributed by atoms with Crippen LogP contribution in [0, 0.1) is 0 Å². The van der Waals surface area contributed by atoms with Gasteiger partial charge in [-0.05, 0) is 42.2 Å². The summed E-state index contributed by atoms with van der Waals surface area (Å²) in [5.41, 5.74) is 7.00. The molecular formula is C28H36N2O3Si. The zero-order chi connectivity index (χ0) is 25.0. The van der Waals surface area contributed by atoms with Crippen LogP contribution in [0.25, 0.3) is 0 Å². The molecule has 0 atom stereocenters. The molecule has 0 radical (unpaired) electrons. The number of ether oxygens (including phenoxy) is 1. The summed E-state index contributed by atoms with van der Waals surface area (Å²) in [4.78, 5) is 12.4. The van der Waals surface area contributed by atoms with E-state index in [0.29, 0.717) is 18.0 Å². The van der Waals surface area contributed by atoms with Crippen molar-refractivity contribution in [1.29, 1.82) is 0 Å². The van der Waals surface area contributed by atoms with Gasteiger partial charge in [0, 0.05) is 23.9 Å². The molecule has 0 aliphatic rings. The Hall–Kier alpha value is -3.09. The second-order valence-electron chi connectivity index (χ2n) is 10.4. The summed E-state index contributed by atoms with van der Waals surface area (Å²) in [6.07, 6.45) is -0.510. The molecule has 0 saturated carbocycles. The highest BCUT2D eigenvalue weighted by atomic mass is 28.4. The third-order valence-electron chi connectivity index (χ3n) is 5.61. The third kappa shape index (κ3) is 5.69. The Morgan fingerprint density at radius 1 is 0.853 bits per heavy atom. The van der Waals surface area contributed by atoms with Gasteiger partial charge in [-0.25, -0.2) is 4.79 Å². The molecule has 3 rings (SSSR count). The van der Waals surface area contributed by atoms with Gasteiger partial charge in [-0.2, -0.15) is 0 Å². The van der Waals surface area contributed by atoms with Crippen LogP contribution in [0.15, 0.2) is 78.9 Å². The Bertz CT molecular complexity index is 1060. The molecule has 1 amide bonds. The van der Waals surface area contributed by atoms with E-state index in [4.69, 9.17) is 14.9 Å². The summed E-state index contributed by atoms with van der Waals surface area (Å²) in [6, 6.07) is 26.4. The normalized spacial score (nSPS) is 12.2. The van der Waals surface area contributed by atoms with Crippen molar-refractivity contribution in [3.8, 4) is 5.75 Å². The maximum atomic E-state index is 12.4. The van der Waals surface area contributed by atoms with Gasteiger partial charge in [0.05, 0.1) is 0 Å². The van der Waals surface area contributed by atoms with E-state index < -0.39 is 20.0 Å². The predicted molar refractivity (Wildman–Crippen MR) is 142 cm³/mol. The Balaban J connectivity index is 2.14. The molecule has 0 spiro atoms. The van der Waals surface area contributed by atoms with E-state index in [1.54, 1.807) is 0 Å². The Morgan fingerprint density at radius 2 is 1.38 bits per heavy atom. The fourth-order valence-corrected chi connectivity index (χ4v) is 8.58. The zero-order valence-corrected chi connectivity index (χ0v) is 22.0. The molecule has 0 fully saturated rings. The van der Waals surface area contributed by atoms with Crippen LogP contribution >= 0.6 is 0 Å². The first-order valence-electron chi connectivity index (χ1n) is 11.6. The highest BCUT2D eigenvalue weighted by molar-refractivity contribution is 7.00. The lowest BCUT2D eigenvalue weighted by Crippen LogP contribution is -2.68. The lowest BCUT2D eigenvalue weighted by atomic mass is 10.2. The smallest absolute Gasteiger partial charge is 0.412 e. The molecule has 34 heavy (non-hydrogen) atoms. The second kappa shape index (κ2) is 10.0. The number of rotatable bonds is 6. The average Bonchev–Trinajstić information content (AvgIpc) is 2.76. The lowest BCUT2D eigenvalue weighted by molar-refractivity contribution is 0.0636. The average molecular weight is 477 g/mol. The number of carbonyl (C=O) groups excluding carboxylic acids is 1. The third-order valence-corrected chi connectivity index (χ3v) is 10.5.